The first kappa shape index (κ1) is 20.4. The largest absolute Gasteiger partial charge is 0.560 e. The number of alkyl halides is 6. The van der Waals surface area contributed by atoms with Gasteiger partial charge in [-0.15, -0.1) is 0 Å². The fourth-order valence-corrected chi connectivity index (χ4v) is 3.69. The number of ether oxygens (including phenoxy) is 1. The smallest absolute Gasteiger partial charge is 0.434 e. The van der Waals surface area contributed by atoms with Crippen LogP contribution in [0.2, 0.25) is 0 Å². The predicted molar refractivity (Wildman–Crippen MR) is 71.8 cm³/mol. The number of halogens is 6. The molecule has 0 fully saturated rings. The van der Waals surface area contributed by atoms with Crippen molar-refractivity contribution in [2.75, 3.05) is 6.54 Å². The van der Waals surface area contributed by atoms with Crippen molar-refractivity contribution in [3.63, 3.8) is 0 Å². The van der Waals surface area contributed by atoms with Gasteiger partial charge in [-0.3, -0.25) is 0 Å². The molecule has 1 aromatic rings. The van der Waals surface area contributed by atoms with Crippen molar-refractivity contribution in [3.8, 4) is 0 Å². The Hall–Kier alpha value is -1.90. The molecular weight excluding hydrogens is 418 g/mol. The second kappa shape index (κ2) is 6.07. The summed E-state index contributed by atoms with van der Waals surface area (Å²) in [5.41, 5.74) is -11.6. The Balaban J connectivity index is 2.55. The van der Waals surface area contributed by atoms with Crippen molar-refractivity contribution < 1.29 is 55.9 Å². The molecule has 26 heavy (non-hydrogen) atoms. The van der Waals surface area contributed by atoms with Crippen LogP contribution in [-0.4, -0.2) is 50.4 Å². The Bertz CT molecular complexity index is 948. The summed E-state index contributed by atoms with van der Waals surface area (Å²) >= 11 is 0. The highest BCUT2D eigenvalue weighted by atomic mass is 32.2. The summed E-state index contributed by atoms with van der Waals surface area (Å²) in [6.07, 6.45) is -0.139. The van der Waals surface area contributed by atoms with Gasteiger partial charge in [0.15, 0.2) is 18.5 Å². The van der Waals surface area contributed by atoms with Crippen LogP contribution >= 0.6 is 0 Å². The lowest BCUT2D eigenvalue weighted by Gasteiger charge is -2.05. The molecular formula is C11H10F6N2O5S2+2. The SMILES string of the molecule is CC1C[N+](S(=O)(=O)C(F)(F)F)=C(c2cc[n+](S(=O)(=O)C(F)(F)F)cc2)O1. The highest BCUT2D eigenvalue weighted by molar-refractivity contribution is 7.86. The average Bonchev–Trinajstić information content (AvgIpc) is 2.87. The van der Waals surface area contributed by atoms with E-state index in [1.165, 1.54) is 6.92 Å². The molecule has 0 saturated carbocycles. The minimum Gasteiger partial charge on any atom is -0.434 e. The lowest BCUT2D eigenvalue weighted by atomic mass is 10.3. The molecule has 0 saturated heterocycles. The van der Waals surface area contributed by atoms with Crippen LogP contribution in [-0.2, 0) is 24.8 Å². The summed E-state index contributed by atoms with van der Waals surface area (Å²) in [6, 6.07) is 1.38. The van der Waals surface area contributed by atoms with Crippen molar-refractivity contribution in [2.24, 2.45) is 0 Å². The van der Waals surface area contributed by atoms with E-state index >= 15 is 0 Å². The van der Waals surface area contributed by atoms with E-state index in [0.29, 0.717) is 24.5 Å². The van der Waals surface area contributed by atoms with Crippen LogP contribution in [0.4, 0.5) is 26.3 Å². The summed E-state index contributed by atoms with van der Waals surface area (Å²) in [5.74, 6) is -0.772. The monoisotopic (exact) mass is 428 g/mol. The topological polar surface area (TPSA) is 84.4 Å². The fraction of sp³-hybridized carbons (Fsp3) is 0.455. The number of hydrogen-bond donors (Lipinski definition) is 0. The van der Waals surface area contributed by atoms with Crippen molar-refractivity contribution >= 4 is 25.9 Å². The van der Waals surface area contributed by atoms with E-state index in [0.717, 1.165) is 0 Å². The predicted octanol–water partition coefficient (Wildman–Crippen LogP) is 0.699. The van der Waals surface area contributed by atoms with E-state index < -0.39 is 49.6 Å². The molecule has 7 nitrogen and oxygen atoms in total. The quantitative estimate of drug-likeness (QED) is 0.523. The van der Waals surface area contributed by atoms with Gasteiger partial charge in [0.2, 0.25) is 6.54 Å². The second-order valence-electron chi connectivity index (χ2n) is 5.08. The van der Waals surface area contributed by atoms with Gasteiger partial charge in [-0.1, -0.05) is 7.95 Å². The van der Waals surface area contributed by atoms with E-state index in [1.54, 1.807) is 0 Å². The lowest BCUT2D eigenvalue weighted by Crippen LogP contribution is -2.50. The van der Waals surface area contributed by atoms with Gasteiger partial charge in [0, 0.05) is 12.1 Å². The van der Waals surface area contributed by atoms with E-state index in [9.17, 15) is 43.2 Å². The van der Waals surface area contributed by atoms with Gasteiger partial charge in [0.1, 0.15) is 0 Å². The molecule has 1 aliphatic rings. The highest BCUT2D eigenvalue weighted by Crippen LogP contribution is 2.28. The van der Waals surface area contributed by atoms with E-state index in [2.05, 4.69) is 0 Å². The van der Waals surface area contributed by atoms with E-state index in [1.807, 2.05) is 0 Å². The minimum atomic E-state index is -5.80. The number of hydrogen-bond acceptors (Lipinski definition) is 5. The Labute approximate surface area is 143 Å². The van der Waals surface area contributed by atoms with Crippen LogP contribution in [0.5, 0.6) is 0 Å². The molecule has 1 atom stereocenters. The third-order valence-electron chi connectivity index (χ3n) is 3.16. The van der Waals surface area contributed by atoms with Crippen molar-refractivity contribution in [3.05, 3.63) is 30.1 Å². The number of nitrogens with zero attached hydrogens (tertiary/aromatic N) is 2. The molecule has 1 aromatic heterocycles. The van der Waals surface area contributed by atoms with Crippen molar-refractivity contribution in [1.29, 1.82) is 0 Å². The molecule has 0 radical (unpaired) electrons. The molecule has 0 amide bonds. The maximum Gasteiger partial charge on any atom is 0.560 e. The van der Waals surface area contributed by atoms with Gasteiger partial charge in [-0.25, -0.2) is 0 Å². The maximum absolute atomic E-state index is 12.7. The minimum absolute atomic E-state index is 0.0738. The van der Waals surface area contributed by atoms with Crippen molar-refractivity contribution in [2.45, 2.75) is 24.0 Å². The van der Waals surface area contributed by atoms with Crippen LogP contribution < -0.4 is 3.97 Å². The number of aromatic nitrogens is 1. The molecule has 0 spiro atoms. The normalized spacial score (nSPS) is 19.6. The molecule has 15 heteroatoms. The molecule has 1 aliphatic heterocycles. The van der Waals surface area contributed by atoms with Gasteiger partial charge in [-0.2, -0.15) is 43.2 Å². The molecule has 0 N–H and O–H groups in total. The Kier molecular flexibility index (Phi) is 4.77. The van der Waals surface area contributed by atoms with Gasteiger partial charge in [-0.05, 0) is 6.92 Å². The van der Waals surface area contributed by atoms with E-state index in [-0.39, 0.29) is 13.5 Å². The molecule has 0 aromatic carbocycles. The lowest BCUT2D eigenvalue weighted by molar-refractivity contribution is -0.518. The molecule has 146 valence electrons. The summed E-state index contributed by atoms with van der Waals surface area (Å²) in [4.78, 5) is 0. The molecule has 1 unspecified atom stereocenters. The highest BCUT2D eigenvalue weighted by Gasteiger charge is 2.59. The molecule has 2 rings (SSSR count). The zero-order valence-corrected chi connectivity index (χ0v) is 14.2. The fourth-order valence-electron chi connectivity index (χ4n) is 1.98. The zero-order valence-electron chi connectivity index (χ0n) is 12.6. The van der Waals surface area contributed by atoms with Crippen LogP contribution in [0, 0.1) is 0 Å². The first-order valence-corrected chi connectivity index (χ1v) is 9.43. The van der Waals surface area contributed by atoms with Crippen LogP contribution in [0.1, 0.15) is 12.5 Å². The van der Waals surface area contributed by atoms with Gasteiger partial charge in [0.05, 0.1) is 5.56 Å². The summed E-state index contributed by atoms with van der Waals surface area (Å²) in [6.45, 7) is 0.607. The first-order chi connectivity index (χ1) is 11.6. The van der Waals surface area contributed by atoms with Gasteiger partial charge in [0.25, 0.3) is 0 Å². The Morgan fingerprint density at radius 2 is 1.42 bits per heavy atom. The maximum atomic E-state index is 12.7. The number of pyridine rings is 1. The Morgan fingerprint density at radius 3 is 1.85 bits per heavy atom. The third kappa shape index (κ3) is 3.36. The first-order valence-electron chi connectivity index (χ1n) is 6.55. The van der Waals surface area contributed by atoms with Gasteiger partial charge >= 0.3 is 37.0 Å². The summed E-state index contributed by atoms with van der Waals surface area (Å²) in [7, 11) is -11.5. The van der Waals surface area contributed by atoms with Crippen LogP contribution in [0.25, 0.3) is 0 Å². The molecule has 0 aliphatic carbocycles. The van der Waals surface area contributed by atoms with Crippen LogP contribution in [0.15, 0.2) is 24.5 Å². The summed E-state index contributed by atoms with van der Waals surface area (Å²) in [5, 5.41) is 0. The number of sulfonamides is 1. The second-order valence-corrected chi connectivity index (χ2v) is 8.77. The van der Waals surface area contributed by atoms with Crippen molar-refractivity contribution in [1.82, 2.24) is 0 Å². The molecule has 0 bridgehead atoms. The van der Waals surface area contributed by atoms with Crippen LogP contribution in [0.3, 0.4) is 0 Å². The van der Waals surface area contributed by atoms with Gasteiger partial charge < -0.3 is 4.74 Å². The van der Waals surface area contributed by atoms with E-state index in [4.69, 9.17) is 4.74 Å². The average molecular weight is 428 g/mol. The number of rotatable bonds is 3. The third-order valence-corrected chi connectivity index (χ3v) is 6.03. The standard InChI is InChI=1S/C11H10F6N2O5S2/c1-7-6-19(26(22,23)11(15,16)17)9(24-7)8-2-4-18(5-3-8)25(20,21)10(12,13)14/h2-5,7H,6H2,1H3/q+2. The summed E-state index contributed by atoms with van der Waals surface area (Å²) < 4.78 is 126. The Morgan fingerprint density at radius 1 is 0.962 bits per heavy atom. The zero-order chi connectivity index (χ0) is 20.1. The molecule has 2 heterocycles.